The molecule has 0 fully saturated rings. The smallest absolute Gasteiger partial charge is 0.0714 e. The number of thiophene rings is 1. The molecule has 1 aromatic heterocycles. The van der Waals surface area contributed by atoms with Gasteiger partial charge in [0.05, 0.1) is 11.1 Å². The maximum Gasteiger partial charge on any atom is 0.0714 e. The molecule has 1 nitrogen and oxygen atoms in total. The quantitative estimate of drug-likeness (QED) is 0.163. The third-order valence-electron chi connectivity index (χ3n) is 13.2. The first-order chi connectivity index (χ1) is 29.2. The molecule has 0 amide bonds. The summed E-state index contributed by atoms with van der Waals surface area (Å²) in [5.74, 6) is 0. The summed E-state index contributed by atoms with van der Waals surface area (Å²) in [6, 6.07) is 81.4. The van der Waals surface area contributed by atoms with E-state index in [0.29, 0.717) is 0 Å². The Bertz CT molecular complexity index is 3200. The number of hydrogen-bond donors (Lipinski definition) is 0. The lowest BCUT2D eigenvalue weighted by atomic mass is 9.68. The predicted molar refractivity (Wildman–Crippen MR) is 249 cm³/mol. The average molecular weight is 770 g/mol. The van der Waals surface area contributed by atoms with Gasteiger partial charge in [-0.25, -0.2) is 0 Å². The second-order valence-electron chi connectivity index (χ2n) is 16.1. The highest BCUT2D eigenvalue weighted by atomic mass is 32.1. The van der Waals surface area contributed by atoms with Crippen LogP contribution in [-0.2, 0) is 10.8 Å². The van der Waals surface area contributed by atoms with Crippen molar-refractivity contribution < 1.29 is 0 Å². The first-order valence-electron chi connectivity index (χ1n) is 20.5. The Morgan fingerprint density at radius 3 is 1.66 bits per heavy atom. The highest BCUT2D eigenvalue weighted by Crippen LogP contribution is 2.60. The fourth-order valence-corrected chi connectivity index (χ4v) is 11.8. The van der Waals surface area contributed by atoms with Gasteiger partial charge in [-0.2, -0.15) is 0 Å². The van der Waals surface area contributed by atoms with E-state index >= 15 is 0 Å². The van der Waals surface area contributed by atoms with E-state index in [4.69, 9.17) is 0 Å². The van der Waals surface area contributed by atoms with Gasteiger partial charge in [-0.3, -0.25) is 0 Å². The molecule has 0 bridgehead atoms. The molecule has 1 atom stereocenters. The lowest BCUT2D eigenvalue weighted by Gasteiger charge is -2.34. The van der Waals surface area contributed by atoms with Crippen LogP contribution < -0.4 is 4.90 Å². The Morgan fingerprint density at radius 2 is 0.915 bits per heavy atom. The van der Waals surface area contributed by atoms with Gasteiger partial charge in [0.1, 0.15) is 0 Å². The van der Waals surface area contributed by atoms with Gasteiger partial charge in [0.25, 0.3) is 0 Å². The summed E-state index contributed by atoms with van der Waals surface area (Å²) in [4.78, 5) is 2.54. The molecule has 10 aromatic rings. The highest BCUT2D eigenvalue weighted by Gasteiger charge is 2.47. The minimum absolute atomic E-state index is 0.328. The Morgan fingerprint density at radius 1 is 0.373 bits per heavy atom. The van der Waals surface area contributed by atoms with Crippen LogP contribution in [0.25, 0.3) is 42.4 Å². The third-order valence-corrected chi connectivity index (χ3v) is 14.4. The van der Waals surface area contributed by atoms with Crippen molar-refractivity contribution in [1.29, 1.82) is 0 Å². The lowest BCUT2D eigenvalue weighted by Crippen LogP contribution is -2.28. The maximum absolute atomic E-state index is 2.54. The van der Waals surface area contributed by atoms with Gasteiger partial charge >= 0.3 is 0 Å². The Balaban J connectivity index is 1.16. The summed E-state index contributed by atoms with van der Waals surface area (Å²) in [5, 5.41) is 2.61. The largest absolute Gasteiger partial charge is 0.310 e. The van der Waals surface area contributed by atoms with Gasteiger partial charge in [-0.05, 0) is 99.0 Å². The maximum atomic E-state index is 2.54. The highest BCUT2D eigenvalue weighted by molar-refractivity contribution is 7.25. The van der Waals surface area contributed by atoms with Gasteiger partial charge in [0.15, 0.2) is 0 Å². The second kappa shape index (κ2) is 13.0. The molecule has 0 saturated heterocycles. The molecule has 0 radical (unpaired) electrons. The zero-order valence-corrected chi connectivity index (χ0v) is 33.5. The van der Waals surface area contributed by atoms with Gasteiger partial charge < -0.3 is 4.90 Å². The topological polar surface area (TPSA) is 3.24 Å². The summed E-state index contributed by atoms with van der Waals surface area (Å²) in [6.07, 6.45) is 0. The molecular weight excluding hydrogens is 731 g/mol. The normalized spacial score (nSPS) is 15.7. The predicted octanol–water partition coefficient (Wildman–Crippen LogP) is 15.2. The molecule has 0 aliphatic heterocycles. The first-order valence-corrected chi connectivity index (χ1v) is 21.3. The Kier molecular flexibility index (Phi) is 7.51. The standard InChI is InChI=1S/C57H39NS/c1-56(38-18-5-2-6-19-38)48-27-14-11-24-43(48)44-34-32-41(36-51(44)56)58(42-33-35-46-45-25-13-16-31-53(45)59-54(46)37-42)52-30-17-29-50-55(52)47-26-12-15-28-49(47)57(50,39-20-7-3-8-21-39)40-22-9-4-10-23-40/h2-37H,1H3. The average Bonchev–Trinajstić information content (AvgIpc) is 3.92. The van der Waals surface area contributed by atoms with Crippen LogP contribution in [0.5, 0.6) is 0 Å². The Labute approximate surface area is 349 Å². The van der Waals surface area contributed by atoms with E-state index < -0.39 is 5.41 Å². The number of rotatable bonds is 6. The minimum Gasteiger partial charge on any atom is -0.310 e. The summed E-state index contributed by atoms with van der Waals surface area (Å²) in [5.41, 5.74) is 16.9. The summed E-state index contributed by atoms with van der Waals surface area (Å²) >= 11 is 1.87. The van der Waals surface area contributed by atoms with Gasteiger partial charge in [-0.1, -0.05) is 182 Å². The zero-order valence-electron chi connectivity index (χ0n) is 32.6. The van der Waals surface area contributed by atoms with E-state index in [1.807, 2.05) is 11.3 Å². The van der Waals surface area contributed by atoms with Crippen LogP contribution in [-0.4, -0.2) is 0 Å². The minimum atomic E-state index is -0.503. The number of anilines is 3. The molecule has 1 unspecified atom stereocenters. The van der Waals surface area contributed by atoms with Crippen molar-refractivity contribution in [2.75, 3.05) is 4.90 Å². The monoisotopic (exact) mass is 769 g/mol. The zero-order chi connectivity index (χ0) is 39.1. The molecule has 2 aliphatic carbocycles. The molecule has 0 spiro atoms. The SMILES string of the molecule is CC1(c2ccccc2)c2ccccc2-c2ccc(N(c3ccc4c(c3)sc3ccccc34)c3cccc4c3-c3ccccc3C4(c3ccccc3)c3ccccc3)cc21. The second-order valence-corrected chi connectivity index (χ2v) is 17.2. The number of benzene rings is 9. The molecule has 9 aromatic carbocycles. The van der Waals surface area contributed by atoms with Crippen LogP contribution in [0.15, 0.2) is 218 Å². The van der Waals surface area contributed by atoms with Crippen LogP contribution in [0.3, 0.4) is 0 Å². The third kappa shape index (κ3) is 4.78. The van der Waals surface area contributed by atoms with Crippen molar-refractivity contribution in [2.24, 2.45) is 0 Å². The van der Waals surface area contributed by atoms with Gasteiger partial charge in [0, 0.05) is 42.5 Å². The molecule has 0 N–H and O–H groups in total. The molecule has 278 valence electrons. The number of fused-ring (bicyclic) bond motifs is 9. The summed E-state index contributed by atoms with van der Waals surface area (Å²) in [7, 11) is 0. The molecule has 2 heteroatoms. The van der Waals surface area contributed by atoms with Crippen molar-refractivity contribution in [2.45, 2.75) is 17.8 Å². The van der Waals surface area contributed by atoms with Crippen LogP contribution in [0, 0.1) is 0 Å². The first kappa shape index (κ1) is 34.1. The fourth-order valence-electron chi connectivity index (χ4n) is 10.6. The van der Waals surface area contributed by atoms with E-state index in [0.717, 1.165) is 11.4 Å². The van der Waals surface area contributed by atoms with Crippen LogP contribution in [0.1, 0.15) is 45.9 Å². The molecule has 59 heavy (non-hydrogen) atoms. The lowest BCUT2D eigenvalue weighted by molar-refractivity contribution is 0.714. The molecule has 2 aliphatic rings. The van der Waals surface area contributed by atoms with E-state index in [1.54, 1.807) is 0 Å². The van der Waals surface area contributed by atoms with E-state index in [-0.39, 0.29) is 5.41 Å². The number of hydrogen-bond acceptors (Lipinski definition) is 2. The van der Waals surface area contributed by atoms with E-state index in [9.17, 15) is 0 Å². The summed E-state index contributed by atoms with van der Waals surface area (Å²) < 4.78 is 2.59. The molecule has 0 saturated carbocycles. The van der Waals surface area contributed by atoms with Crippen LogP contribution in [0.2, 0.25) is 0 Å². The van der Waals surface area contributed by atoms with Crippen LogP contribution in [0.4, 0.5) is 17.1 Å². The molecule has 1 heterocycles. The fraction of sp³-hybridized carbons (Fsp3) is 0.0526. The van der Waals surface area contributed by atoms with Gasteiger partial charge in [0.2, 0.25) is 0 Å². The molecular formula is C57H39NS. The van der Waals surface area contributed by atoms with Crippen molar-refractivity contribution >= 4 is 48.6 Å². The summed E-state index contributed by atoms with van der Waals surface area (Å²) in [6.45, 7) is 2.41. The number of nitrogens with zero attached hydrogens (tertiary/aromatic N) is 1. The van der Waals surface area contributed by atoms with Crippen molar-refractivity contribution in [3.8, 4) is 22.3 Å². The Hall–Kier alpha value is -7.00. The van der Waals surface area contributed by atoms with Crippen molar-refractivity contribution in [1.82, 2.24) is 0 Å². The van der Waals surface area contributed by atoms with Crippen molar-refractivity contribution in [3.05, 3.63) is 257 Å². The van der Waals surface area contributed by atoms with E-state index in [1.165, 1.54) is 87.1 Å². The van der Waals surface area contributed by atoms with Crippen LogP contribution >= 0.6 is 11.3 Å². The van der Waals surface area contributed by atoms with E-state index in [2.05, 4.69) is 230 Å². The van der Waals surface area contributed by atoms with Gasteiger partial charge in [-0.15, -0.1) is 11.3 Å². The van der Waals surface area contributed by atoms with Crippen molar-refractivity contribution in [3.63, 3.8) is 0 Å². The molecule has 12 rings (SSSR count).